The highest BCUT2D eigenvalue weighted by Gasteiger charge is 2.31. The van der Waals surface area contributed by atoms with Crippen LogP contribution in [0.4, 0.5) is 0 Å². The lowest BCUT2D eigenvalue weighted by Crippen LogP contribution is -2.07. The molecule has 0 saturated carbocycles. The molecule has 124 heavy (non-hydrogen) atoms. The van der Waals surface area contributed by atoms with Gasteiger partial charge in [-0.05, 0) is 157 Å². The molecule has 0 bridgehead atoms. The SMILES string of the molecule is N#Cc1cc(-n2c3ccccc3c3c2ccc2c4ccc(-c5cccc(-n6c7ccccc7c7ccc8c(c9ccccc9n8-c8c(-n9c%10ccccc%10c%10c9ccc9c%11ccccc%11n(-c%11ccccc%11)c9%10)ccc(C#N)c8C#N)c76)c5)cc4n(-c4ccccc4)c23)cc(-n2c3ccccc3c3c2ccc2c4ccccc4n(-c4ccccc4)c23)c1C#N. The Kier molecular flexibility index (Phi) is 14.3. The summed E-state index contributed by atoms with van der Waals surface area (Å²) in [6, 6.07) is 143. The molecule has 26 rings (SSSR count). The summed E-state index contributed by atoms with van der Waals surface area (Å²) in [5, 5.41) is 63.0. The van der Waals surface area contributed by atoms with E-state index in [4.69, 9.17) is 0 Å². The van der Waals surface area contributed by atoms with Gasteiger partial charge in [-0.25, -0.2) is 0 Å². The lowest BCUT2D eigenvalue weighted by Gasteiger charge is -2.19. The third-order valence-electron chi connectivity index (χ3n) is 26.1. The topological polar surface area (TPSA) is 135 Å². The highest BCUT2D eigenvalue weighted by Crippen LogP contribution is 2.51. The van der Waals surface area contributed by atoms with Crippen LogP contribution in [0.25, 0.3) is 231 Å². The Hall–Kier alpha value is -17.7. The lowest BCUT2D eigenvalue weighted by molar-refractivity contribution is 1.08. The maximum absolute atomic E-state index is 11.8. The number of aromatic nitrogens is 8. The van der Waals surface area contributed by atoms with Crippen molar-refractivity contribution in [3.05, 3.63) is 398 Å². The summed E-state index contributed by atoms with van der Waals surface area (Å²) in [4.78, 5) is 0. The zero-order chi connectivity index (χ0) is 81.8. The van der Waals surface area contributed by atoms with Gasteiger partial charge in [0.05, 0.1) is 128 Å². The van der Waals surface area contributed by atoms with Gasteiger partial charge in [0.1, 0.15) is 24.3 Å². The van der Waals surface area contributed by atoms with Crippen LogP contribution in [-0.4, -0.2) is 36.5 Å². The molecule has 12 heteroatoms. The second-order valence-corrected chi connectivity index (χ2v) is 32.2. The molecule has 26 aromatic rings. The molecule has 0 aliphatic carbocycles. The molecule has 0 fully saturated rings. The Morgan fingerprint density at radius 2 is 0.500 bits per heavy atom. The highest BCUT2D eigenvalue weighted by atomic mass is 15.1. The highest BCUT2D eigenvalue weighted by molar-refractivity contribution is 6.31. The van der Waals surface area contributed by atoms with Crippen LogP contribution in [0.1, 0.15) is 22.3 Å². The predicted molar refractivity (Wildman–Crippen MR) is 505 cm³/mol. The third-order valence-corrected chi connectivity index (χ3v) is 26.1. The van der Waals surface area contributed by atoms with Crippen LogP contribution in [-0.2, 0) is 0 Å². The minimum atomic E-state index is 0.271. The van der Waals surface area contributed by atoms with Crippen LogP contribution < -0.4 is 0 Å². The summed E-state index contributed by atoms with van der Waals surface area (Å²) in [6.45, 7) is 0. The summed E-state index contributed by atoms with van der Waals surface area (Å²) in [5.41, 5.74) is 25.8. The van der Waals surface area contributed by atoms with Crippen LogP contribution in [0.15, 0.2) is 376 Å². The molecule has 8 aromatic heterocycles. The zero-order valence-corrected chi connectivity index (χ0v) is 66.2. The fourth-order valence-electron chi connectivity index (χ4n) is 21.2. The zero-order valence-electron chi connectivity index (χ0n) is 66.2. The number of nitriles is 4. The Morgan fingerprint density at radius 3 is 0.935 bits per heavy atom. The fourth-order valence-corrected chi connectivity index (χ4v) is 21.2. The molecule has 0 N–H and O–H groups in total. The number of nitrogens with zero attached hydrogens (tertiary/aromatic N) is 12. The Balaban J connectivity index is 0.665. The normalized spacial score (nSPS) is 12.0. The molecule has 0 saturated heterocycles. The first kappa shape index (κ1) is 68.4. The minimum absolute atomic E-state index is 0.271. The summed E-state index contributed by atoms with van der Waals surface area (Å²) in [7, 11) is 0. The van der Waals surface area contributed by atoms with E-state index in [1.807, 2.05) is 24.3 Å². The van der Waals surface area contributed by atoms with Crippen molar-refractivity contribution in [3.8, 4) is 80.9 Å². The minimum Gasteiger partial charge on any atom is -0.309 e. The van der Waals surface area contributed by atoms with Gasteiger partial charge >= 0.3 is 0 Å². The van der Waals surface area contributed by atoms with Crippen molar-refractivity contribution in [3.63, 3.8) is 0 Å². The largest absolute Gasteiger partial charge is 0.309 e. The summed E-state index contributed by atoms with van der Waals surface area (Å²) in [6.07, 6.45) is 0. The van der Waals surface area contributed by atoms with Gasteiger partial charge < -0.3 is 36.5 Å². The van der Waals surface area contributed by atoms with Crippen LogP contribution in [0.3, 0.4) is 0 Å². The van der Waals surface area contributed by atoms with Gasteiger partial charge in [-0.1, -0.05) is 231 Å². The van der Waals surface area contributed by atoms with Gasteiger partial charge in [0.25, 0.3) is 0 Å². The number of benzene rings is 18. The molecule has 0 spiro atoms. The van der Waals surface area contributed by atoms with Crippen molar-refractivity contribution in [1.29, 1.82) is 21.0 Å². The van der Waals surface area contributed by atoms with Gasteiger partial charge in [-0.3, -0.25) is 0 Å². The fraction of sp³-hybridized carbons (Fsp3) is 0. The van der Waals surface area contributed by atoms with E-state index in [-0.39, 0.29) is 22.3 Å². The third kappa shape index (κ3) is 9.23. The molecule has 0 aliphatic heterocycles. The van der Waals surface area contributed by atoms with Crippen molar-refractivity contribution in [2.45, 2.75) is 0 Å². The van der Waals surface area contributed by atoms with E-state index in [1.165, 1.54) is 0 Å². The van der Waals surface area contributed by atoms with Gasteiger partial charge in [-0.15, -0.1) is 0 Å². The van der Waals surface area contributed by atoms with E-state index in [0.717, 1.165) is 220 Å². The van der Waals surface area contributed by atoms with Crippen molar-refractivity contribution in [2.75, 3.05) is 0 Å². The van der Waals surface area contributed by atoms with Gasteiger partial charge in [0.15, 0.2) is 0 Å². The number of para-hydroxylation sites is 10. The van der Waals surface area contributed by atoms with Crippen LogP contribution >= 0.6 is 0 Å². The average Bonchev–Trinajstić information content (AvgIpc) is 1.55. The van der Waals surface area contributed by atoms with Crippen molar-refractivity contribution >= 4 is 174 Å². The van der Waals surface area contributed by atoms with Crippen LogP contribution in [0.2, 0.25) is 0 Å². The van der Waals surface area contributed by atoms with E-state index >= 15 is 0 Å². The number of fused-ring (bicyclic) bond motifs is 28. The molecule has 570 valence electrons. The van der Waals surface area contributed by atoms with Gasteiger partial charge in [0.2, 0.25) is 0 Å². The average molecular weight is 1580 g/mol. The molecule has 8 heterocycles. The maximum atomic E-state index is 11.8. The standard InChI is InChI=1S/C112H62N12/c113-63-69-48-54-101(122-94-44-21-14-37-85(94)105-98(122)56-51-80-76-33-10-17-40-90(76)118(109(80)105)71-26-4-1-5-27-71)108(89(69)66-116)124-96-46-23-16-39-87(96)107-100(124)58-53-82-78-35-12-19-42-92(78)121(112(82)107)74-32-24-25-67(59-74)68-47-49-79-83-50-55-97-104(111(83)120(102(79)61-68)73-30-8-3-9-31-73)84-36-13-20-43-93(84)117(97)75-60-70(64-114)88(65-115)103(62-75)123-95-45-22-15-38-86(95)106-99(123)57-52-81-77-34-11-18-41-91(77)119(110(81)106)72-28-6-2-7-29-72/h1-62H. The molecule has 18 aromatic carbocycles. The van der Waals surface area contributed by atoms with E-state index < -0.39 is 0 Å². The molecular formula is C112H62N12. The Morgan fingerprint density at radius 1 is 0.169 bits per heavy atom. The molecule has 0 unspecified atom stereocenters. The predicted octanol–water partition coefficient (Wildman–Crippen LogP) is 27.6. The lowest BCUT2D eigenvalue weighted by atomic mass is 10.0. The molecule has 0 radical (unpaired) electrons. The number of hydrogen-bond acceptors (Lipinski definition) is 4. The molecular weight excluding hydrogens is 1510 g/mol. The summed E-state index contributed by atoms with van der Waals surface area (Å²) >= 11 is 0. The van der Waals surface area contributed by atoms with Crippen molar-refractivity contribution in [2.24, 2.45) is 0 Å². The van der Waals surface area contributed by atoms with E-state index in [1.54, 1.807) is 0 Å². The van der Waals surface area contributed by atoms with E-state index in [9.17, 15) is 21.0 Å². The van der Waals surface area contributed by atoms with Crippen LogP contribution in [0, 0.1) is 45.3 Å². The first-order chi connectivity index (χ1) is 61.4. The molecule has 0 aliphatic rings. The second kappa shape index (κ2) is 25.9. The van der Waals surface area contributed by atoms with E-state index in [0.29, 0.717) is 11.4 Å². The Bertz CT molecular complexity index is 9430. The van der Waals surface area contributed by atoms with Crippen LogP contribution in [0.5, 0.6) is 0 Å². The smallest absolute Gasteiger partial charge is 0.103 e. The van der Waals surface area contributed by atoms with Crippen molar-refractivity contribution < 1.29 is 0 Å². The van der Waals surface area contributed by atoms with Gasteiger partial charge in [-0.2, -0.15) is 21.0 Å². The number of hydrogen-bond donors (Lipinski definition) is 0. The molecule has 0 atom stereocenters. The Labute approximate surface area is 706 Å². The summed E-state index contributed by atoms with van der Waals surface area (Å²) in [5.74, 6) is 0. The first-order valence-electron chi connectivity index (χ1n) is 41.6. The first-order valence-corrected chi connectivity index (χ1v) is 41.6. The van der Waals surface area contributed by atoms with Crippen molar-refractivity contribution in [1.82, 2.24) is 36.5 Å². The quantitative estimate of drug-likeness (QED) is 0.142. The second-order valence-electron chi connectivity index (χ2n) is 32.2. The monoisotopic (exact) mass is 1570 g/mol. The van der Waals surface area contributed by atoms with E-state index in [2.05, 4.69) is 413 Å². The maximum Gasteiger partial charge on any atom is 0.103 e. The summed E-state index contributed by atoms with van der Waals surface area (Å²) < 4.78 is 18.6. The molecule has 12 nitrogen and oxygen atoms in total. The van der Waals surface area contributed by atoms with Gasteiger partial charge in [0, 0.05) is 115 Å². The molecule has 0 amide bonds. The number of rotatable bonds is 9.